The number of ether oxygens (including phenoxy) is 1. The Kier molecular flexibility index (Phi) is 10.9. The van der Waals surface area contributed by atoms with Gasteiger partial charge in [-0.05, 0) is 73.9 Å². The standard InChI is InChI=1S/C32H38FNO/c1-4-6-10-22-35-25(3)12-8-7-9-13-27-16-20-30(31(33)23-27)32-21-19-29(24-34-32)28-17-14-26(11-5-2)15-18-28/h5,9,13-21,23-25H,2,4,6-8,10-12,22H2,1,3H3. The van der Waals surface area contributed by atoms with E-state index >= 15 is 0 Å². The molecule has 0 aliphatic heterocycles. The lowest BCUT2D eigenvalue weighted by molar-refractivity contribution is 0.0566. The van der Waals surface area contributed by atoms with Gasteiger partial charge in [-0.1, -0.05) is 74.4 Å². The predicted octanol–water partition coefficient (Wildman–Crippen LogP) is 9.06. The molecule has 0 bridgehead atoms. The van der Waals surface area contributed by atoms with Crippen LogP contribution in [0.2, 0.25) is 0 Å². The van der Waals surface area contributed by atoms with Crippen LogP contribution < -0.4 is 0 Å². The number of unbranched alkanes of at least 4 members (excludes halogenated alkanes) is 3. The second-order valence-corrected chi connectivity index (χ2v) is 9.08. The minimum absolute atomic E-state index is 0.254. The third-order valence-corrected chi connectivity index (χ3v) is 6.14. The fourth-order valence-electron chi connectivity index (χ4n) is 4.03. The van der Waals surface area contributed by atoms with E-state index in [4.69, 9.17) is 4.74 Å². The number of pyridine rings is 1. The maximum Gasteiger partial charge on any atom is 0.133 e. The van der Waals surface area contributed by atoms with Crippen molar-refractivity contribution in [3.05, 3.63) is 96.5 Å². The van der Waals surface area contributed by atoms with Crippen molar-refractivity contribution >= 4 is 6.08 Å². The average Bonchev–Trinajstić information content (AvgIpc) is 2.87. The second-order valence-electron chi connectivity index (χ2n) is 9.08. The molecular weight excluding hydrogens is 433 g/mol. The van der Waals surface area contributed by atoms with E-state index in [9.17, 15) is 4.39 Å². The number of rotatable bonds is 14. The first-order chi connectivity index (χ1) is 17.1. The molecule has 1 aromatic heterocycles. The van der Waals surface area contributed by atoms with Crippen molar-refractivity contribution in [1.82, 2.24) is 4.98 Å². The van der Waals surface area contributed by atoms with Gasteiger partial charge < -0.3 is 4.74 Å². The van der Waals surface area contributed by atoms with Gasteiger partial charge in [-0.2, -0.15) is 0 Å². The molecule has 2 nitrogen and oxygen atoms in total. The van der Waals surface area contributed by atoms with Gasteiger partial charge in [-0.15, -0.1) is 6.58 Å². The highest BCUT2D eigenvalue weighted by atomic mass is 19.1. The van der Waals surface area contributed by atoms with Crippen molar-refractivity contribution in [1.29, 1.82) is 0 Å². The Bertz CT molecular complexity index is 1070. The van der Waals surface area contributed by atoms with Crippen molar-refractivity contribution in [2.75, 3.05) is 6.61 Å². The second kappa shape index (κ2) is 14.4. The quantitative estimate of drug-likeness (QED) is 0.173. The van der Waals surface area contributed by atoms with Crippen molar-refractivity contribution in [2.24, 2.45) is 0 Å². The maximum atomic E-state index is 14.8. The number of hydrogen-bond acceptors (Lipinski definition) is 2. The van der Waals surface area contributed by atoms with Crippen LogP contribution >= 0.6 is 0 Å². The molecule has 2 aromatic carbocycles. The smallest absolute Gasteiger partial charge is 0.133 e. The Morgan fingerprint density at radius 2 is 1.80 bits per heavy atom. The predicted molar refractivity (Wildman–Crippen MR) is 147 cm³/mol. The topological polar surface area (TPSA) is 22.1 Å². The summed E-state index contributed by atoms with van der Waals surface area (Å²) in [5.41, 5.74) is 5.36. The molecule has 3 rings (SSSR count). The highest BCUT2D eigenvalue weighted by molar-refractivity contribution is 5.68. The SMILES string of the molecule is C=CCc1ccc(-c2ccc(-c3ccc(C=CCCCC(C)OCCCCC)cc3F)nc2)cc1. The Morgan fingerprint density at radius 1 is 1.00 bits per heavy atom. The Labute approximate surface area is 210 Å². The van der Waals surface area contributed by atoms with E-state index in [-0.39, 0.29) is 5.82 Å². The van der Waals surface area contributed by atoms with E-state index in [1.807, 2.05) is 36.4 Å². The number of benzene rings is 2. The minimum Gasteiger partial charge on any atom is -0.379 e. The lowest BCUT2D eigenvalue weighted by atomic mass is 10.0. The molecule has 0 aliphatic carbocycles. The number of nitrogens with zero attached hydrogens (tertiary/aromatic N) is 1. The first-order valence-corrected chi connectivity index (χ1v) is 12.8. The monoisotopic (exact) mass is 471 g/mol. The van der Waals surface area contributed by atoms with Gasteiger partial charge in [0.2, 0.25) is 0 Å². The van der Waals surface area contributed by atoms with Crippen molar-refractivity contribution < 1.29 is 9.13 Å². The van der Waals surface area contributed by atoms with Crippen molar-refractivity contribution in [3.63, 3.8) is 0 Å². The summed E-state index contributed by atoms with van der Waals surface area (Å²) in [6.07, 6.45) is 15.6. The van der Waals surface area contributed by atoms with Gasteiger partial charge in [-0.25, -0.2) is 4.39 Å². The van der Waals surface area contributed by atoms with E-state index in [2.05, 4.69) is 55.8 Å². The van der Waals surface area contributed by atoms with Crippen LogP contribution in [0, 0.1) is 5.82 Å². The lowest BCUT2D eigenvalue weighted by Gasteiger charge is -2.12. The highest BCUT2D eigenvalue weighted by Crippen LogP contribution is 2.26. The molecule has 0 radical (unpaired) electrons. The summed E-state index contributed by atoms with van der Waals surface area (Å²) in [4.78, 5) is 4.52. The van der Waals surface area contributed by atoms with E-state index in [0.29, 0.717) is 17.4 Å². The zero-order valence-corrected chi connectivity index (χ0v) is 21.2. The molecule has 0 saturated heterocycles. The molecule has 1 heterocycles. The number of allylic oxidation sites excluding steroid dienone is 2. The Morgan fingerprint density at radius 3 is 2.49 bits per heavy atom. The van der Waals surface area contributed by atoms with Crippen LogP contribution in [-0.4, -0.2) is 17.7 Å². The van der Waals surface area contributed by atoms with Gasteiger partial charge in [0.25, 0.3) is 0 Å². The molecule has 0 amide bonds. The van der Waals surface area contributed by atoms with Gasteiger partial charge in [0.1, 0.15) is 5.82 Å². The summed E-state index contributed by atoms with van der Waals surface area (Å²) in [6.45, 7) is 8.98. The van der Waals surface area contributed by atoms with Crippen LogP contribution in [0.4, 0.5) is 4.39 Å². The molecule has 0 aliphatic rings. The van der Waals surface area contributed by atoms with Crippen LogP contribution in [0.1, 0.15) is 63.5 Å². The summed E-state index contributed by atoms with van der Waals surface area (Å²) < 4.78 is 20.7. The van der Waals surface area contributed by atoms with Gasteiger partial charge >= 0.3 is 0 Å². The number of hydrogen-bond donors (Lipinski definition) is 0. The van der Waals surface area contributed by atoms with Gasteiger partial charge in [0.15, 0.2) is 0 Å². The molecule has 1 unspecified atom stereocenters. The van der Waals surface area contributed by atoms with E-state index in [0.717, 1.165) is 55.4 Å². The Balaban J connectivity index is 1.51. The molecule has 3 aromatic rings. The first-order valence-electron chi connectivity index (χ1n) is 12.8. The first kappa shape index (κ1) is 26.6. The molecule has 184 valence electrons. The van der Waals surface area contributed by atoms with E-state index in [1.165, 1.54) is 18.4 Å². The summed E-state index contributed by atoms with van der Waals surface area (Å²) >= 11 is 0. The van der Waals surface area contributed by atoms with Gasteiger partial charge in [-0.3, -0.25) is 4.98 Å². The average molecular weight is 472 g/mol. The molecule has 3 heteroatoms. The third kappa shape index (κ3) is 8.60. The highest BCUT2D eigenvalue weighted by Gasteiger charge is 2.08. The molecule has 0 spiro atoms. The molecule has 0 fully saturated rings. The zero-order valence-electron chi connectivity index (χ0n) is 21.2. The largest absolute Gasteiger partial charge is 0.379 e. The molecular formula is C32H38FNO. The minimum atomic E-state index is -0.254. The number of aromatic nitrogens is 1. The Hall–Kier alpha value is -3.04. The molecule has 35 heavy (non-hydrogen) atoms. The van der Waals surface area contributed by atoms with Gasteiger partial charge in [0.05, 0.1) is 11.8 Å². The maximum absolute atomic E-state index is 14.8. The number of halogens is 1. The summed E-state index contributed by atoms with van der Waals surface area (Å²) in [5.74, 6) is -0.254. The third-order valence-electron chi connectivity index (χ3n) is 6.14. The van der Waals surface area contributed by atoms with Crippen LogP contribution in [0.25, 0.3) is 28.5 Å². The fourth-order valence-corrected chi connectivity index (χ4v) is 4.03. The molecule has 0 saturated carbocycles. The van der Waals surface area contributed by atoms with Crippen LogP contribution in [0.15, 0.2) is 79.5 Å². The zero-order chi connectivity index (χ0) is 24.9. The van der Waals surface area contributed by atoms with Crippen LogP contribution in [-0.2, 0) is 11.2 Å². The van der Waals surface area contributed by atoms with Gasteiger partial charge in [0, 0.05) is 23.9 Å². The molecule has 0 N–H and O–H groups in total. The van der Waals surface area contributed by atoms with Crippen LogP contribution in [0.5, 0.6) is 0 Å². The van der Waals surface area contributed by atoms with Crippen LogP contribution in [0.3, 0.4) is 0 Å². The summed E-state index contributed by atoms with van der Waals surface area (Å²) in [5, 5.41) is 0. The van der Waals surface area contributed by atoms with E-state index < -0.39 is 0 Å². The molecule has 1 atom stereocenters. The lowest BCUT2D eigenvalue weighted by Crippen LogP contribution is -2.08. The van der Waals surface area contributed by atoms with E-state index in [1.54, 1.807) is 12.3 Å². The fraction of sp³-hybridized carbons (Fsp3) is 0.344. The summed E-state index contributed by atoms with van der Waals surface area (Å²) in [7, 11) is 0. The normalized spacial score (nSPS) is 12.2. The van der Waals surface area contributed by atoms with Crippen molar-refractivity contribution in [2.45, 2.75) is 64.9 Å². The van der Waals surface area contributed by atoms with Crippen molar-refractivity contribution in [3.8, 4) is 22.4 Å². The summed E-state index contributed by atoms with van der Waals surface area (Å²) in [6, 6.07) is 17.6.